The highest BCUT2D eigenvalue weighted by Crippen LogP contribution is 2.22. The minimum atomic E-state index is -0.0913. The number of nitrogens with zero attached hydrogens (tertiary/aromatic N) is 3. The lowest BCUT2D eigenvalue weighted by Gasteiger charge is -2.25. The predicted molar refractivity (Wildman–Crippen MR) is 115 cm³/mol. The summed E-state index contributed by atoms with van der Waals surface area (Å²) in [6.45, 7) is 13.6. The first-order chi connectivity index (χ1) is 13.1. The maximum Gasteiger partial charge on any atom is 0.194 e. The normalized spacial score (nSPS) is 19.0. The first-order valence-corrected chi connectivity index (χ1v) is 10.5. The molecule has 0 saturated carbocycles. The number of likely N-dealkylation sites (tertiary alicyclic amines) is 1. The molecule has 0 radical (unpaired) electrons. The second-order valence-corrected chi connectivity index (χ2v) is 7.50. The first-order valence-electron chi connectivity index (χ1n) is 10.1. The van der Waals surface area contributed by atoms with Crippen LogP contribution < -0.4 is 5.32 Å². The van der Waals surface area contributed by atoms with Gasteiger partial charge in [0.15, 0.2) is 5.96 Å². The summed E-state index contributed by atoms with van der Waals surface area (Å²) in [5, 5.41) is 4.18. The summed E-state index contributed by atoms with van der Waals surface area (Å²) >= 11 is 6.13. The maximum atomic E-state index is 6.13. The molecule has 2 rings (SSSR count). The van der Waals surface area contributed by atoms with E-state index in [1.165, 1.54) is 13.0 Å². The number of halogens is 1. The number of ether oxygens (including phenoxy) is 1. The van der Waals surface area contributed by atoms with Crippen molar-refractivity contribution in [3.63, 3.8) is 0 Å². The average molecular weight is 395 g/mol. The van der Waals surface area contributed by atoms with Crippen LogP contribution in [0.1, 0.15) is 38.9 Å². The fraction of sp³-hybridized carbons (Fsp3) is 0.667. The predicted octanol–water partition coefficient (Wildman–Crippen LogP) is 3.66. The van der Waals surface area contributed by atoms with Crippen molar-refractivity contribution >= 4 is 17.6 Å². The number of aliphatic imine (C=N–C) groups is 1. The molecule has 1 fully saturated rings. The zero-order valence-corrected chi connectivity index (χ0v) is 18.0. The van der Waals surface area contributed by atoms with Gasteiger partial charge in [-0.3, -0.25) is 4.99 Å². The lowest BCUT2D eigenvalue weighted by molar-refractivity contribution is 0.110. The minimum absolute atomic E-state index is 0.0913. The standard InChI is InChI=1S/C21H35ClN4O/c1-5-23-21(26-12-11-17(16-26)15-25(6-2)7-3)24-14-20(27-4)18-9-8-10-19(22)13-18/h8-10,13,17,20H,5-7,11-12,14-16H2,1-4H3,(H,23,24). The van der Waals surface area contributed by atoms with Gasteiger partial charge in [0.05, 0.1) is 6.54 Å². The summed E-state index contributed by atoms with van der Waals surface area (Å²) in [5.41, 5.74) is 1.06. The Morgan fingerprint density at radius 1 is 1.37 bits per heavy atom. The number of rotatable bonds is 9. The summed E-state index contributed by atoms with van der Waals surface area (Å²) in [6, 6.07) is 7.83. The van der Waals surface area contributed by atoms with E-state index < -0.39 is 0 Å². The van der Waals surface area contributed by atoms with Gasteiger partial charge in [-0.2, -0.15) is 0 Å². The van der Waals surface area contributed by atoms with Crippen molar-refractivity contribution < 1.29 is 4.74 Å². The number of hydrogen-bond acceptors (Lipinski definition) is 3. The van der Waals surface area contributed by atoms with Gasteiger partial charge in [0.1, 0.15) is 6.10 Å². The molecule has 1 aliphatic heterocycles. The van der Waals surface area contributed by atoms with Crippen molar-refractivity contribution in [2.45, 2.75) is 33.3 Å². The molecule has 1 N–H and O–H groups in total. The van der Waals surface area contributed by atoms with E-state index in [9.17, 15) is 0 Å². The number of guanidine groups is 1. The van der Waals surface area contributed by atoms with Gasteiger partial charge in [-0.15, -0.1) is 0 Å². The van der Waals surface area contributed by atoms with Gasteiger partial charge in [-0.1, -0.05) is 37.6 Å². The summed E-state index contributed by atoms with van der Waals surface area (Å²) in [5.74, 6) is 1.70. The molecule has 1 heterocycles. The lowest BCUT2D eigenvalue weighted by atomic mass is 10.1. The second-order valence-electron chi connectivity index (χ2n) is 7.06. The third-order valence-electron chi connectivity index (χ3n) is 5.24. The van der Waals surface area contributed by atoms with Crippen LogP contribution in [0.25, 0.3) is 0 Å². The molecular formula is C21H35ClN4O. The van der Waals surface area contributed by atoms with Crippen LogP contribution in [0.3, 0.4) is 0 Å². The molecule has 27 heavy (non-hydrogen) atoms. The molecule has 6 heteroatoms. The van der Waals surface area contributed by atoms with E-state index in [2.05, 4.69) is 35.9 Å². The number of benzene rings is 1. The summed E-state index contributed by atoms with van der Waals surface area (Å²) in [7, 11) is 1.73. The highest BCUT2D eigenvalue weighted by Gasteiger charge is 2.26. The van der Waals surface area contributed by atoms with Gasteiger partial charge in [0, 0.05) is 38.3 Å². The monoisotopic (exact) mass is 394 g/mol. The summed E-state index contributed by atoms with van der Waals surface area (Å²) in [6.07, 6.45) is 1.13. The Morgan fingerprint density at radius 2 is 2.15 bits per heavy atom. The number of hydrogen-bond donors (Lipinski definition) is 1. The van der Waals surface area contributed by atoms with Crippen LogP contribution in [-0.4, -0.2) is 68.7 Å². The van der Waals surface area contributed by atoms with Crippen molar-refractivity contribution in [2.75, 3.05) is 52.9 Å². The van der Waals surface area contributed by atoms with Crippen molar-refractivity contribution in [1.82, 2.24) is 15.1 Å². The van der Waals surface area contributed by atoms with E-state index in [4.69, 9.17) is 21.3 Å². The molecule has 2 unspecified atom stereocenters. The van der Waals surface area contributed by atoms with E-state index >= 15 is 0 Å². The Morgan fingerprint density at radius 3 is 2.78 bits per heavy atom. The van der Waals surface area contributed by atoms with Crippen molar-refractivity contribution in [3.05, 3.63) is 34.9 Å². The Kier molecular flexibility index (Phi) is 9.39. The van der Waals surface area contributed by atoms with Gasteiger partial charge in [-0.25, -0.2) is 0 Å². The fourth-order valence-corrected chi connectivity index (χ4v) is 3.84. The van der Waals surface area contributed by atoms with Gasteiger partial charge < -0.3 is 19.9 Å². The third-order valence-corrected chi connectivity index (χ3v) is 5.48. The van der Waals surface area contributed by atoms with Crippen LogP contribution in [0.2, 0.25) is 5.02 Å². The number of nitrogens with one attached hydrogen (secondary N) is 1. The van der Waals surface area contributed by atoms with Crippen molar-refractivity contribution in [3.8, 4) is 0 Å². The van der Waals surface area contributed by atoms with Gasteiger partial charge in [0.25, 0.3) is 0 Å². The SMILES string of the molecule is CCNC(=NCC(OC)c1cccc(Cl)c1)N1CCC(CN(CC)CC)C1. The smallest absolute Gasteiger partial charge is 0.194 e. The zero-order chi connectivity index (χ0) is 19.6. The van der Waals surface area contributed by atoms with Crippen molar-refractivity contribution in [1.29, 1.82) is 0 Å². The highest BCUT2D eigenvalue weighted by atomic mass is 35.5. The Balaban J connectivity index is 2.01. The fourth-order valence-electron chi connectivity index (χ4n) is 3.64. The van der Waals surface area contributed by atoms with Crippen LogP contribution in [0.5, 0.6) is 0 Å². The molecule has 0 aliphatic carbocycles. The van der Waals surface area contributed by atoms with Crippen molar-refractivity contribution in [2.24, 2.45) is 10.9 Å². The minimum Gasteiger partial charge on any atom is -0.375 e. The molecule has 1 saturated heterocycles. The molecule has 5 nitrogen and oxygen atoms in total. The van der Waals surface area contributed by atoms with E-state index in [0.717, 1.165) is 49.3 Å². The largest absolute Gasteiger partial charge is 0.375 e. The molecular weight excluding hydrogens is 360 g/mol. The average Bonchev–Trinajstić information content (AvgIpc) is 3.14. The molecule has 0 amide bonds. The van der Waals surface area contributed by atoms with E-state index in [0.29, 0.717) is 12.5 Å². The quantitative estimate of drug-likeness (QED) is 0.512. The van der Waals surface area contributed by atoms with Crippen LogP contribution in [-0.2, 0) is 4.74 Å². The maximum absolute atomic E-state index is 6.13. The van der Waals surface area contributed by atoms with Gasteiger partial charge in [-0.05, 0) is 50.0 Å². The van der Waals surface area contributed by atoms with Gasteiger partial charge >= 0.3 is 0 Å². The molecule has 152 valence electrons. The highest BCUT2D eigenvalue weighted by molar-refractivity contribution is 6.30. The topological polar surface area (TPSA) is 40.1 Å². The van der Waals surface area contributed by atoms with Crippen LogP contribution in [0.4, 0.5) is 0 Å². The lowest BCUT2D eigenvalue weighted by Crippen LogP contribution is -2.41. The van der Waals surface area contributed by atoms with E-state index in [1.54, 1.807) is 7.11 Å². The summed E-state index contributed by atoms with van der Waals surface area (Å²) in [4.78, 5) is 9.78. The molecule has 0 aromatic heterocycles. The zero-order valence-electron chi connectivity index (χ0n) is 17.2. The summed E-state index contributed by atoms with van der Waals surface area (Å²) < 4.78 is 5.67. The Hall–Kier alpha value is -1.30. The molecule has 1 aromatic rings. The van der Waals surface area contributed by atoms with E-state index in [-0.39, 0.29) is 6.10 Å². The van der Waals surface area contributed by atoms with Crippen LogP contribution in [0.15, 0.2) is 29.3 Å². The van der Waals surface area contributed by atoms with Gasteiger partial charge in [0.2, 0.25) is 0 Å². The third kappa shape index (κ3) is 6.66. The number of methoxy groups -OCH3 is 1. The Bertz CT molecular complexity index is 591. The van der Waals surface area contributed by atoms with Crippen LogP contribution >= 0.6 is 11.6 Å². The molecule has 0 bridgehead atoms. The molecule has 0 spiro atoms. The molecule has 2 atom stereocenters. The molecule has 1 aliphatic rings. The Labute approximate surface area is 169 Å². The van der Waals surface area contributed by atoms with E-state index in [1.807, 2.05) is 24.3 Å². The second kappa shape index (κ2) is 11.5. The molecule has 1 aromatic carbocycles. The van der Waals surface area contributed by atoms with Crippen LogP contribution in [0, 0.1) is 5.92 Å². The first kappa shape index (κ1) is 22.0.